The Labute approximate surface area is 439 Å². The van der Waals surface area contributed by atoms with E-state index in [4.69, 9.17) is 0 Å². The first-order valence-electron chi connectivity index (χ1n) is 27.6. The summed E-state index contributed by atoms with van der Waals surface area (Å²) in [7, 11) is 0. The zero-order chi connectivity index (χ0) is 54.4. The summed E-state index contributed by atoms with van der Waals surface area (Å²) in [6, 6.07) is 81.8. The minimum Gasteiger partial charge on any atom is -0.0683 e. The van der Waals surface area contributed by atoms with Gasteiger partial charge in [-0.3, -0.25) is 0 Å². The van der Waals surface area contributed by atoms with Gasteiger partial charge in [0, 0.05) is 5.41 Å². The van der Waals surface area contributed by atoms with Crippen molar-refractivity contribution in [1.29, 1.82) is 0 Å². The molecule has 0 saturated carbocycles. The summed E-state index contributed by atoms with van der Waals surface area (Å²) in [5, 5.41) is 0. The molecule has 384 valence electrons. The van der Waals surface area contributed by atoms with Crippen LogP contribution in [0.3, 0.4) is 0 Å². The molecule has 71 heavy (non-hydrogen) atoms. The lowest BCUT2D eigenvalue weighted by atomic mass is 9.68. The van der Waals surface area contributed by atoms with E-state index in [0.29, 0.717) is 0 Å². The second-order valence-corrected chi connectivity index (χ2v) is 14.1. The third kappa shape index (κ3) is 20.9. The van der Waals surface area contributed by atoms with Crippen molar-refractivity contribution in [2.24, 2.45) is 0 Å². The molecule has 9 rings (SSSR count). The van der Waals surface area contributed by atoms with Gasteiger partial charge in [0.2, 0.25) is 0 Å². The second-order valence-electron chi connectivity index (χ2n) is 14.1. The maximum Gasteiger partial charge on any atom is 0.0713 e. The summed E-state index contributed by atoms with van der Waals surface area (Å²) in [4.78, 5) is 0. The van der Waals surface area contributed by atoms with E-state index in [1.165, 1.54) is 55.6 Å². The molecule has 1 aliphatic carbocycles. The van der Waals surface area contributed by atoms with Crippen LogP contribution in [-0.2, 0) is 17.3 Å². The monoisotopic (exact) mass is 953 g/mol. The average Bonchev–Trinajstić information content (AvgIpc) is 3.80. The van der Waals surface area contributed by atoms with E-state index in [1.807, 2.05) is 125 Å². The second kappa shape index (κ2) is 44.9. The Kier molecular flexibility index (Phi) is 43.7. The first-order chi connectivity index (χ1) is 35.1. The van der Waals surface area contributed by atoms with Crippen molar-refractivity contribution in [3.05, 3.63) is 275 Å². The molecular weight excluding hydrogens is 853 g/mol. The Hall–Kier alpha value is -6.24. The first kappa shape index (κ1) is 69.0. The Balaban J connectivity index is -0.000000876. The summed E-state index contributed by atoms with van der Waals surface area (Å²) in [6.07, 6.45) is 1.03. The number of benzene rings is 8. The fourth-order valence-electron chi connectivity index (χ4n) is 7.70. The topological polar surface area (TPSA) is 0 Å². The number of hydrogen-bond acceptors (Lipinski definition) is 0. The van der Waals surface area contributed by atoms with Gasteiger partial charge in [0.15, 0.2) is 0 Å². The molecule has 0 heteroatoms. The van der Waals surface area contributed by atoms with Crippen LogP contribution >= 0.6 is 0 Å². The molecule has 8 aromatic carbocycles. The molecule has 0 atom stereocenters. The van der Waals surface area contributed by atoms with Crippen LogP contribution < -0.4 is 0 Å². The highest BCUT2D eigenvalue weighted by molar-refractivity contribution is 5.86. The smallest absolute Gasteiger partial charge is 0.0683 e. The van der Waals surface area contributed by atoms with E-state index in [0.717, 1.165) is 6.42 Å². The number of hydrogen-bond donors (Lipinski definition) is 0. The summed E-state index contributed by atoms with van der Waals surface area (Å²) in [5.74, 6) is 0. The minimum absolute atomic E-state index is 0.0858. The van der Waals surface area contributed by atoms with Gasteiger partial charge in [0.05, 0.1) is 5.41 Å². The summed E-state index contributed by atoms with van der Waals surface area (Å²) < 4.78 is 0. The predicted octanol–water partition coefficient (Wildman–Crippen LogP) is 22.6. The number of fused-ring (bicyclic) bond motifs is 3. The molecule has 0 spiro atoms. The average molecular weight is 954 g/mol. The van der Waals surface area contributed by atoms with Gasteiger partial charge < -0.3 is 0 Å². The van der Waals surface area contributed by atoms with Crippen LogP contribution in [0, 0.1) is 0 Å². The van der Waals surface area contributed by atoms with Crippen molar-refractivity contribution in [2.75, 3.05) is 0 Å². The molecule has 0 heterocycles. The van der Waals surface area contributed by atoms with Gasteiger partial charge in [0.1, 0.15) is 0 Å². The molecule has 0 amide bonds. The summed E-state index contributed by atoms with van der Waals surface area (Å²) in [6.45, 7) is 40.5. The molecule has 0 nitrogen and oxygen atoms in total. The van der Waals surface area contributed by atoms with Crippen LogP contribution in [0.1, 0.15) is 183 Å². The van der Waals surface area contributed by atoms with Gasteiger partial charge in [-0.2, -0.15) is 0 Å². The lowest BCUT2D eigenvalue weighted by Gasteiger charge is -2.33. The molecule has 0 bridgehead atoms. The van der Waals surface area contributed by atoms with Gasteiger partial charge in [-0.1, -0.05) is 369 Å². The van der Waals surface area contributed by atoms with Crippen molar-refractivity contribution in [1.82, 2.24) is 0 Å². The van der Waals surface area contributed by atoms with E-state index in [-0.39, 0.29) is 10.8 Å². The first-order valence-corrected chi connectivity index (χ1v) is 27.6. The Bertz CT molecular complexity index is 2130. The Morgan fingerprint density at radius 3 is 0.732 bits per heavy atom. The largest absolute Gasteiger partial charge is 0.0713 e. The van der Waals surface area contributed by atoms with Crippen molar-refractivity contribution >= 4 is 0 Å². The fraction of sp³-hybridized carbons (Fsp3) is 0.324. The third-order valence-corrected chi connectivity index (χ3v) is 10.5. The van der Waals surface area contributed by atoms with Crippen LogP contribution in [0.4, 0.5) is 0 Å². The van der Waals surface area contributed by atoms with Gasteiger partial charge in [-0.05, 0) is 62.1 Å². The lowest BCUT2D eigenvalue weighted by Crippen LogP contribution is -2.28. The van der Waals surface area contributed by atoms with Gasteiger partial charge in [0.25, 0.3) is 0 Å². The molecule has 8 aromatic rings. The van der Waals surface area contributed by atoms with Crippen molar-refractivity contribution in [3.8, 4) is 11.1 Å². The van der Waals surface area contributed by atoms with E-state index in [2.05, 4.69) is 244 Å². The van der Waals surface area contributed by atoms with Crippen molar-refractivity contribution in [3.63, 3.8) is 0 Å². The van der Waals surface area contributed by atoms with Gasteiger partial charge in [-0.15, -0.1) is 0 Å². The Morgan fingerprint density at radius 1 is 0.254 bits per heavy atom. The molecule has 0 aliphatic heterocycles. The predicted molar refractivity (Wildman–Crippen MR) is 327 cm³/mol. The van der Waals surface area contributed by atoms with Crippen LogP contribution in [0.5, 0.6) is 0 Å². The zero-order valence-electron chi connectivity index (χ0n) is 48.6. The molecular formula is C71H100. The highest BCUT2D eigenvalue weighted by Crippen LogP contribution is 2.55. The van der Waals surface area contributed by atoms with Crippen LogP contribution in [0.25, 0.3) is 11.1 Å². The summed E-state index contributed by atoms with van der Waals surface area (Å²) >= 11 is 0. The highest BCUT2D eigenvalue weighted by Gasteiger charge is 2.45. The zero-order valence-corrected chi connectivity index (χ0v) is 48.6. The molecule has 0 saturated heterocycles. The minimum atomic E-state index is -0.254. The molecule has 0 fully saturated rings. The maximum atomic E-state index is 2.29. The van der Waals surface area contributed by atoms with Gasteiger partial charge in [-0.25, -0.2) is 0 Å². The van der Waals surface area contributed by atoms with Crippen molar-refractivity contribution in [2.45, 2.75) is 156 Å². The van der Waals surface area contributed by atoms with Crippen LogP contribution in [-0.4, -0.2) is 0 Å². The molecule has 0 aromatic heterocycles. The standard InChI is InChI=1S/C25H18.C15H16.C13H12.9C2H6/c1-3-11-19(12-4-1)25(20-13-5-2-6-14-20)23-17-9-7-15-21(23)22-16-8-10-18-24(22)25;1-15(2,13-9-5-3-6-10-13)14-11-7-4-8-12-14;1-3-7-12(8-4-1)11-13-9-5-2-6-10-13;9*1-2/h1-18H;3-12H,1-2H3;1-10H,11H2;9*1-2H3. The van der Waals surface area contributed by atoms with E-state index < -0.39 is 0 Å². The van der Waals surface area contributed by atoms with E-state index >= 15 is 0 Å². The van der Waals surface area contributed by atoms with Crippen LogP contribution in [0.15, 0.2) is 231 Å². The quantitative estimate of drug-likeness (QED) is 0.156. The molecule has 1 aliphatic rings. The third-order valence-electron chi connectivity index (χ3n) is 10.5. The maximum absolute atomic E-state index is 2.29. The molecule has 0 N–H and O–H groups in total. The molecule has 0 unspecified atom stereocenters. The number of rotatable bonds is 6. The lowest BCUT2D eigenvalue weighted by molar-refractivity contribution is 0.641. The SMILES string of the molecule is CC.CC.CC.CC.CC.CC.CC.CC.CC.CC(C)(c1ccccc1)c1ccccc1.c1ccc(C2(c3ccccc3)c3ccccc3-c3ccccc32)cc1.c1ccc(Cc2ccccc2)cc1. The van der Waals surface area contributed by atoms with Crippen LogP contribution in [0.2, 0.25) is 0 Å². The van der Waals surface area contributed by atoms with Crippen molar-refractivity contribution < 1.29 is 0 Å². The fourth-order valence-corrected chi connectivity index (χ4v) is 7.70. The van der Waals surface area contributed by atoms with E-state index in [9.17, 15) is 0 Å². The normalized spacial score (nSPS) is 9.86. The summed E-state index contributed by atoms with van der Waals surface area (Å²) in [5.41, 5.74) is 13.3. The van der Waals surface area contributed by atoms with Gasteiger partial charge >= 0.3 is 0 Å². The van der Waals surface area contributed by atoms with E-state index in [1.54, 1.807) is 0 Å². The Morgan fingerprint density at radius 2 is 0.465 bits per heavy atom. The molecule has 0 radical (unpaired) electrons. The highest BCUT2D eigenvalue weighted by atomic mass is 14.5.